The van der Waals surface area contributed by atoms with Crippen molar-refractivity contribution in [3.8, 4) is 0 Å². The molecule has 0 radical (unpaired) electrons. The monoisotopic (exact) mass is 282 g/mol. The van der Waals surface area contributed by atoms with Gasteiger partial charge in [0.25, 0.3) is 0 Å². The molecule has 2 rings (SSSR count). The van der Waals surface area contributed by atoms with Gasteiger partial charge in [0, 0.05) is 18.5 Å². The molecule has 3 N–H and O–H groups in total. The van der Waals surface area contributed by atoms with E-state index < -0.39 is 0 Å². The average molecular weight is 283 g/mol. The molecule has 106 valence electrons. The molecule has 1 fully saturated rings. The Morgan fingerprint density at radius 3 is 2.89 bits per heavy atom. The second kappa shape index (κ2) is 7.51. The van der Waals surface area contributed by atoms with Gasteiger partial charge in [-0.05, 0) is 31.7 Å². The van der Waals surface area contributed by atoms with Crippen LogP contribution in [0.5, 0.6) is 0 Å². The second-order valence-corrected chi connectivity index (χ2v) is 5.33. The number of hydrogen-bond acceptors (Lipinski definition) is 2. The fourth-order valence-corrected chi connectivity index (χ4v) is 2.62. The number of rotatable bonds is 3. The van der Waals surface area contributed by atoms with Crippen LogP contribution in [0.25, 0.3) is 0 Å². The lowest BCUT2D eigenvalue weighted by Gasteiger charge is -2.25. The number of hydrogen-bond donors (Lipinski definition) is 2. The Balaban J connectivity index is 0.00000180. The summed E-state index contributed by atoms with van der Waals surface area (Å²) in [6.45, 7) is 2.68. The third-order valence-corrected chi connectivity index (χ3v) is 3.63. The summed E-state index contributed by atoms with van der Waals surface area (Å²) in [4.78, 5) is 12.0. The predicted octanol–water partition coefficient (Wildman–Crippen LogP) is 2.55. The van der Waals surface area contributed by atoms with Crippen molar-refractivity contribution >= 4 is 18.3 Å². The number of carbonyl (C=O) groups excluding carboxylic acids is 1. The molecule has 1 aromatic carbocycles. The molecule has 0 bridgehead atoms. The van der Waals surface area contributed by atoms with E-state index in [9.17, 15) is 4.79 Å². The van der Waals surface area contributed by atoms with Crippen LogP contribution in [-0.2, 0) is 11.3 Å². The number of nitrogens with one attached hydrogen (secondary N) is 1. The maximum Gasteiger partial charge on any atom is 0.223 e. The molecule has 0 heterocycles. The van der Waals surface area contributed by atoms with Gasteiger partial charge in [0.15, 0.2) is 0 Å². The lowest BCUT2D eigenvalue weighted by molar-refractivity contribution is -0.126. The zero-order chi connectivity index (χ0) is 13.0. The highest BCUT2D eigenvalue weighted by molar-refractivity contribution is 5.85. The fourth-order valence-electron chi connectivity index (χ4n) is 2.62. The molecular weight excluding hydrogens is 260 g/mol. The molecular formula is C15H23ClN2O. The standard InChI is InChI=1S/C15H22N2O.ClH/c1-11-4-2-5-12(8-11)10-17-15(18)13-6-3-7-14(16)9-13;/h2,4-5,8,13-14H,3,6-7,9-10,16H2,1H3,(H,17,18);1H. The van der Waals surface area contributed by atoms with Gasteiger partial charge < -0.3 is 11.1 Å². The molecule has 0 aromatic heterocycles. The molecule has 1 amide bonds. The van der Waals surface area contributed by atoms with Crippen molar-refractivity contribution < 1.29 is 4.79 Å². The molecule has 3 nitrogen and oxygen atoms in total. The van der Waals surface area contributed by atoms with Gasteiger partial charge in [0.05, 0.1) is 0 Å². The Labute approximate surface area is 121 Å². The quantitative estimate of drug-likeness (QED) is 0.895. The summed E-state index contributed by atoms with van der Waals surface area (Å²) in [5.41, 5.74) is 8.29. The van der Waals surface area contributed by atoms with E-state index in [1.807, 2.05) is 12.1 Å². The minimum Gasteiger partial charge on any atom is -0.352 e. The van der Waals surface area contributed by atoms with Crippen molar-refractivity contribution in [2.75, 3.05) is 0 Å². The van der Waals surface area contributed by atoms with E-state index in [1.165, 1.54) is 5.56 Å². The van der Waals surface area contributed by atoms with E-state index in [1.54, 1.807) is 0 Å². The predicted molar refractivity (Wildman–Crippen MR) is 80.2 cm³/mol. The molecule has 4 heteroatoms. The van der Waals surface area contributed by atoms with Crippen LogP contribution in [0.3, 0.4) is 0 Å². The van der Waals surface area contributed by atoms with Gasteiger partial charge in [-0.2, -0.15) is 0 Å². The summed E-state index contributed by atoms with van der Waals surface area (Å²) >= 11 is 0. The van der Waals surface area contributed by atoms with Crippen LogP contribution in [-0.4, -0.2) is 11.9 Å². The number of aryl methyl sites for hydroxylation is 1. The van der Waals surface area contributed by atoms with E-state index in [0.29, 0.717) is 6.54 Å². The van der Waals surface area contributed by atoms with Crippen molar-refractivity contribution in [1.82, 2.24) is 5.32 Å². The molecule has 2 atom stereocenters. The number of amides is 1. The van der Waals surface area contributed by atoms with Gasteiger partial charge in [-0.3, -0.25) is 4.79 Å². The molecule has 0 saturated heterocycles. The van der Waals surface area contributed by atoms with Crippen LogP contribution >= 0.6 is 12.4 Å². The van der Waals surface area contributed by atoms with Crippen molar-refractivity contribution in [1.29, 1.82) is 0 Å². The van der Waals surface area contributed by atoms with E-state index in [0.717, 1.165) is 31.2 Å². The van der Waals surface area contributed by atoms with Crippen molar-refractivity contribution in [3.05, 3.63) is 35.4 Å². The molecule has 2 unspecified atom stereocenters. The molecule has 1 aliphatic carbocycles. The number of carbonyl (C=O) groups is 1. The Hall–Kier alpha value is -1.06. The van der Waals surface area contributed by atoms with E-state index in [4.69, 9.17) is 5.73 Å². The first-order valence-corrected chi connectivity index (χ1v) is 6.74. The number of nitrogens with two attached hydrogens (primary N) is 1. The zero-order valence-electron chi connectivity index (χ0n) is 11.4. The highest BCUT2D eigenvalue weighted by atomic mass is 35.5. The van der Waals surface area contributed by atoms with Gasteiger partial charge in [-0.25, -0.2) is 0 Å². The Morgan fingerprint density at radius 1 is 1.42 bits per heavy atom. The summed E-state index contributed by atoms with van der Waals surface area (Å²) in [7, 11) is 0. The smallest absolute Gasteiger partial charge is 0.223 e. The van der Waals surface area contributed by atoms with Crippen LogP contribution in [0.4, 0.5) is 0 Å². The van der Waals surface area contributed by atoms with Crippen LogP contribution in [0.2, 0.25) is 0 Å². The third kappa shape index (κ3) is 4.84. The van der Waals surface area contributed by atoms with Crippen LogP contribution in [0, 0.1) is 12.8 Å². The van der Waals surface area contributed by atoms with Gasteiger partial charge in [0.2, 0.25) is 5.91 Å². The minimum atomic E-state index is 0. The van der Waals surface area contributed by atoms with Crippen LogP contribution in [0.1, 0.15) is 36.8 Å². The molecule has 0 spiro atoms. The lowest BCUT2D eigenvalue weighted by atomic mass is 9.85. The van der Waals surface area contributed by atoms with Gasteiger partial charge in [-0.1, -0.05) is 36.2 Å². The first kappa shape index (κ1) is 16.0. The minimum absolute atomic E-state index is 0. The summed E-state index contributed by atoms with van der Waals surface area (Å²) in [6.07, 6.45) is 3.94. The molecule has 19 heavy (non-hydrogen) atoms. The number of benzene rings is 1. The van der Waals surface area contributed by atoms with Crippen LogP contribution in [0.15, 0.2) is 24.3 Å². The largest absolute Gasteiger partial charge is 0.352 e. The summed E-state index contributed by atoms with van der Waals surface area (Å²) in [5, 5.41) is 3.02. The van der Waals surface area contributed by atoms with E-state index in [2.05, 4.69) is 24.4 Å². The maximum atomic E-state index is 12.0. The lowest BCUT2D eigenvalue weighted by Crippen LogP contribution is -2.37. The Kier molecular flexibility index (Phi) is 6.32. The highest BCUT2D eigenvalue weighted by Crippen LogP contribution is 2.23. The molecule has 1 aromatic rings. The maximum absolute atomic E-state index is 12.0. The summed E-state index contributed by atoms with van der Waals surface area (Å²) in [6, 6.07) is 8.43. The van der Waals surface area contributed by atoms with Gasteiger partial charge >= 0.3 is 0 Å². The highest BCUT2D eigenvalue weighted by Gasteiger charge is 2.24. The van der Waals surface area contributed by atoms with Crippen molar-refractivity contribution in [2.45, 2.75) is 45.2 Å². The normalized spacial score (nSPS) is 22.4. The second-order valence-electron chi connectivity index (χ2n) is 5.33. The average Bonchev–Trinajstić information content (AvgIpc) is 2.36. The van der Waals surface area contributed by atoms with Gasteiger partial charge in [-0.15, -0.1) is 12.4 Å². The number of halogens is 1. The summed E-state index contributed by atoms with van der Waals surface area (Å²) in [5.74, 6) is 0.269. The first-order chi connectivity index (χ1) is 8.65. The first-order valence-electron chi connectivity index (χ1n) is 6.74. The van der Waals surface area contributed by atoms with Gasteiger partial charge in [0.1, 0.15) is 0 Å². The van der Waals surface area contributed by atoms with E-state index in [-0.39, 0.29) is 30.3 Å². The SMILES string of the molecule is Cc1cccc(CNC(=O)C2CCCC(N)C2)c1.Cl. The fraction of sp³-hybridized carbons (Fsp3) is 0.533. The Morgan fingerprint density at radius 2 is 2.21 bits per heavy atom. The molecule has 1 aliphatic rings. The summed E-state index contributed by atoms with van der Waals surface area (Å²) < 4.78 is 0. The Bertz CT molecular complexity index is 422. The van der Waals surface area contributed by atoms with E-state index >= 15 is 0 Å². The molecule has 0 aliphatic heterocycles. The van der Waals surface area contributed by atoms with Crippen molar-refractivity contribution in [2.24, 2.45) is 11.7 Å². The third-order valence-electron chi connectivity index (χ3n) is 3.63. The van der Waals surface area contributed by atoms with Crippen molar-refractivity contribution in [3.63, 3.8) is 0 Å². The van der Waals surface area contributed by atoms with Crippen LogP contribution < -0.4 is 11.1 Å². The zero-order valence-corrected chi connectivity index (χ0v) is 12.2. The molecule has 1 saturated carbocycles. The topological polar surface area (TPSA) is 55.1 Å².